The molecule has 0 radical (unpaired) electrons. The number of rotatable bonds is 3. The molecular formula is C24H25N2+. The zero-order valence-corrected chi connectivity index (χ0v) is 15.7. The van der Waals surface area contributed by atoms with Crippen LogP contribution in [0.2, 0.25) is 0 Å². The van der Waals surface area contributed by atoms with Crippen molar-refractivity contribution in [2.24, 2.45) is 0 Å². The molecule has 2 heterocycles. The van der Waals surface area contributed by atoms with Crippen LogP contribution in [0, 0.1) is 0 Å². The maximum atomic E-state index is 2.33. The number of pyridine rings is 1. The molecule has 0 atom stereocenters. The summed E-state index contributed by atoms with van der Waals surface area (Å²) in [7, 11) is 0. The molecule has 0 amide bonds. The highest BCUT2D eigenvalue weighted by atomic mass is 15.1. The topological polar surface area (TPSA) is 7.12 Å². The highest BCUT2D eigenvalue weighted by Gasteiger charge is 2.18. The summed E-state index contributed by atoms with van der Waals surface area (Å²) in [6, 6.07) is 20.0. The lowest BCUT2D eigenvalue weighted by Gasteiger charge is -2.31. The first-order valence-corrected chi connectivity index (χ1v) is 9.38. The van der Waals surface area contributed by atoms with Gasteiger partial charge in [-0.05, 0) is 56.2 Å². The van der Waals surface area contributed by atoms with Crippen molar-refractivity contribution in [3.8, 4) is 0 Å². The van der Waals surface area contributed by atoms with Crippen LogP contribution in [-0.2, 0) is 6.54 Å². The minimum absolute atomic E-state index is 0.440. The predicted octanol–water partition coefficient (Wildman–Crippen LogP) is 5.43. The number of nitrogens with zero attached hydrogens (tertiary/aromatic N) is 2. The summed E-state index contributed by atoms with van der Waals surface area (Å²) in [6.07, 6.45) is 8.94. The van der Waals surface area contributed by atoms with Crippen LogP contribution in [0.4, 0.5) is 5.69 Å². The number of hydrogen-bond donors (Lipinski definition) is 0. The van der Waals surface area contributed by atoms with Crippen LogP contribution >= 0.6 is 0 Å². The van der Waals surface area contributed by atoms with E-state index in [0.717, 1.165) is 6.54 Å². The van der Waals surface area contributed by atoms with E-state index in [-0.39, 0.29) is 0 Å². The number of aromatic nitrogens is 1. The molecule has 1 aromatic heterocycles. The van der Waals surface area contributed by atoms with E-state index in [1.54, 1.807) is 0 Å². The van der Waals surface area contributed by atoms with Crippen LogP contribution in [-0.4, -0.2) is 6.04 Å². The van der Waals surface area contributed by atoms with E-state index in [1.807, 2.05) is 0 Å². The molecule has 0 saturated carbocycles. The first-order valence-electron chi connectivity index (χ1n) is 9.38. The number of aryl methyl sites for hydroxylation is 1. The third kappa shape index (κ3) is 2.82. The maximum Gasteiger partial charge on any atom is 0.213 e. The summed E-state index contributed by atoms with van der Waals surface area (Å²) in [5.41, 5.74) is 6.37. The highest BCUT2D eigenvalue weighted by Crippen LogP contribution is 2.35. The van der Waals surface area contributed by atoms with Gasteiger partial charge in [0.05, 0.1) is 5.39 Å². The van der Waals surface area contributed by atoms with Gasteiger partial charge in [-0.3, -0.25) is 0 Å². The van der Waals surface area contributed by atoms with E-state index in [4.69, 9.17) is 0 Å². The Balaban J connectivity index is 1.88. The molecule has 1 aliphatic heterocycles. The Morgan fingerprint density at radius 2 is 1.77 bits per heavy atom. The third-order valence-electron chi connectivity index (χ3n) is 5.07. The van der Waals surface area contributed by atoms with E-state index in [9.17, 15) is 0 Å². The van der Waals surface area contributed by atoms with Gasteiger partial charge in [-0.25, -0.2) is 0 Å². The lowest BCUT2D eigenvalue weighted by molar-refractivity contribution is -0.667. The molecule has 2 nitrogen and oxygen atoms in total. The molecule has 26 heavy (non-hydrogen) atoms. The fourth-order valence-electron chi connectivity index (χ4n) is 3.73. The second kappa shape index (κ2) is 6.80. The van der Waals surface area contributed by atoms with Crippen molar-refractivity contribution in [3.05, 3.63) is 84.2 Å². The lowest BCUT2D eigenvalue weighted by atomic mass is 9.96. The van der Waals surface area contributed by atoms with Crippen molar-refractivity contribution in [2.45, 2.75) is 33.4 Å². The Kier molecular flexibility index (Phi) is 4.34. The molecular weight excluding hydrogens is 316 g/mol. The van der Waals surface area contributed by atoms with Crippen LogP contribution in [0.25, 0.3) is 22.6 Å². The van der Waals surface area contributed by atoms with Crippen LogP contribution in [0.1, 0.15) is 31.9 Å². The Morgan fingerprint density at radius 1 is 1.00 bits per heavy atom. The van der Waals surface area contributed by atoms with Gasteiger partial charge in [0.2, 0.25) is 5.52 Å². The Morgan fingerprint density at radius 3 is 2.58 bits per heavy atom. The Bertz CT molecular complexity index is 1010. The van der Waals surface area contributed by atoms with E-state index in [2.05, 4.69) is 109 Å². The standard InChI is InChI=1S/C24H25N2/c1-4-25-15-13-19(21-9-5-7-11-23(21)25)17-20-14-16-26(18(2)3)24-12-8-6-10-22(20)24/h5-18H,4H2,1-3H3/q+1. The molecule has 4 rings (SSSR count). The quantitative estimate of drug-likeness (QED) is 0.576. The van der Waals surface area contributed by atoms with Gasteiger partial charge in [0.25, 0.3) is 0 Å². The number of fused-ring (bicyclic) bond motifs is 2. The fourth-order valence-corrected chi connectivity index (χ4v) is 3.73. The van der Waals surface area contributed by atoms with Crippen molar-refractivity contribution in [2.75, 3.05) is 4.90 Å². The molecule has 130 valence electrons. The minimum Gasteiger partial charge on any atom is -0.345 e. The van der Waals surface area contributed by atoms with Gasteiger partial charge < -0.3 is 4.90 Å². The number of hydrogen-bond acceptors (Lipinski definition) is 1. The predicted molar refractivity (Wildman–Crippen MR) is 111 cm³/mol. The smallest absolute Gasteiger partial charge is 0.213 e. The maximum absolute atomic E-state index is 2.33. The monoisotopic (exact) mass is 341 g/mol. The number of anilines is 1. The van der Waals surface area contributed by atoms with Crippen molar-refractivity contribution >= 4 is 28.2 Å². The van der Waals surface area contributed by atoms with Crippen molar-refractivity contribution in [1.29, 1.82) is 0 Å². The second-order valence-corrected chi connectivity index (χ2v) is 7.01. The number of benzene rings is 2. The number of para-hydroxylation sites is 2. The average Bonchev–Trinajstić information content (AvgIpc) is 2.68. The molecule has 0 aliphatic carbocycles. The summed E-state index contributed by atoms with van der Waals surface area (Å²) >= 11 is 0. The molecule has 2 aromatic carbocycles. The summed E-state index contributed by atoms with van der Waals surface area (Å²) in [6.45, 7) is 7.61. The largest absolute Gasteiger partial charge is 0.345 e. The van der Waals surface area contributed by atoms with Crippen molar-refractivity contribution < 1.29 is 4.57 Å². The van der Waals surface area contributed by atoms with Gasteiger partial charge in [0.1, 0.15) is 6.54 Å². The summed E-state index contributed by atoms with van der Waals surface area (Å²) in [5, 5.41) is 1.29. The average molecular weight is 341 g/mol. The molecule has 0 N–H and O–H groups in total. The zero-order chi connectivity index (χ0) is 18.1. The summed E-state index contributed by atoms with van der Waals surface area (Å²) in [4.78, 5) is 2.33. The van der Waals surface area contributed by atoms with Gasteiger partial charge in [-0.15, -0.1) is 0 Å². The Labute approximate surface area is 155 Å². The van der Waals surface area contributed by atoms with Crippen molar-refractivity contribution in [3.63, 3.8) is 0 Å². The first kappa shape index (κ1) is 16.6. The van der Waals surface area contributed by atoms with E-state index in [0.29, 0.717) is 6.04 Å². The third-order valence-corrected chi connectivity index (χ3v) is 5.07. The molecule has 1 aliphatic rings. The van der Waals surface area contributed by atoms with Crippen LogP contribution in [0.5, 0.6) is 0 Å². The molecule has 0 bridgehead atoms. The first-order chi connectivity index (χ1) is 12.7. The van der Waals surface area contributed by atoms with Gasteiger partial charge in [0.15, 0.2) is 6.20 Å². The van der Waals surface area contributed by atoms with E-state index in [1.165, 1.54) is 33.3 Å². The molecule has 3 aromatic rings. The van der Waals surface area contributed by atoms with E-state index < -0.39 is 0 Å². The Hall–Kier alpha value is -2.87. The van der Waals surface area contributed by atoms with Gasteiger partial charge in [-0.2, -0.15) is 4.57 Å². The van der Waals surface area contributed by atoms with E-state index >= 15 is 0 Å². The van der Waals surface area contributed by atoms with Crippen LogP contribution in [0.3, 0.4) is 0 Å². The van der Waals surface area contributed by atoms with Gasteiger partial charge in [-0.1, -0.05) is 30.3 Å². The second-order valence-electron chi connectivity index (χ2n) is 7.01. The molecule has 0 fully saturated rings. The minimum atomic E-state index is 0.440. The number of allylic oxidation sites excluding steroid dienone is 2. The van der Waals surface area contributed by atoms with Gasteiger partial charge in [0, 0.05) is 35.6 Å². The lowest BCUT2D eigenvalue weighted by Crippen LogP contribution is -2.32. The van der Waals surface area contributed by atoms with Crippen molar-refractivity contribution in [1.82, 2.24) is 0 Å². The highest BCUT2D eigenvalue weighted by molar-refractivity contribution is 5.99. The summed E-state index contributed by atoms with van der Waals surface area (Å²) in [5.74, 6) is 0. The SMILES string of the molecule is CC[n+]1ccc(C=C2C=CN(C(C)C)c3ccccc32)c2ccccc21. The van der Waals surface area contributed by atoms with Crippen LogP contribution < -0.4 is 9.47 Å². The van der Waals surface area contributed by atoms with Gasteiger partial charge >= 0.3 is 0 Å². The fraction of sp³-hybridized carbons (Fsp3) is 0.208. The molecule has 0 saturated heterocycles. The zero-order valence-electron chi connectivity index (χ0n) is 15.7. The molecule has 2 heteroatoms. The molecule has 0 spiro atoms. The summed E-state index contributed by atoms with van der Waals surface area (Å²) < 4.78 is 2.29. The molecule has 0 unspecified atom stereocenters. The normalized spacial score (nSPS) is 15.1. The van der Waals surface area contributed by atoms with Crippen LogP contribution in [0.15, 0.2) is 73.1 Å².